The minimum atomic E-state index is -0.799. The molecule has 1 N–H and O–H groups in total. The van der Waals surface area contributed by atoms with Gasteiger partial charge in [0.2, 0.25) is 5.78 Å². The molecule has 0 spiro atoms. The van der Waals surface area contributed by atoms with E-state index in [1.165, 1.54) is 24.0 Å². The maximum Gasteiger partial charge on any atom is 0.295 e. The van der Waals surface area contributed by atoms with Crippen LogP contribution in [-0.2, 0) is 9.59 Å². The smallest absolute Gasteiger partial charge is 0.295 e. The average Bonchev–Trinajstić information content (AvgIpc) is 3.03. The molecule has 1 aliphatic heterocycles. The maximum absolute atomic E-state index is 13.4. The van der Waals surface area contributed by atoms with Gasteiger partial charge in [0.25, 0.3) is 5.91 Å². The number of methoxy groups -OCH3 is 2. The second-order valence-corrected chi connectivity index (χ2v) is 7.76. The Labute approximate surface area is 182 Å². The first kappa shape index (κ1) is 22.4. The van der Waals surface area contributed by atoms with E-state index in [0.717, 1.165) is 6.54 Å². The van der Waals surface area contributed by atoms with Crippen molar-refractivity contribution >= 4 is 17.4 Å². The van der Waals surface area contributed by atoms with Gasteiger partial charge in [-0.25, -0.2) is 0 Å². The summed E-state index contributed by atoms with van der Waals surface area (Å²) < 4.78 is 10.7. The van der Waals surface area contributed by atoms with Crippen LogP contribution in [0, 0.1) is 0 Å². The number of ether oxygens (including phenoxy) is 2. The van der Waals surface area contributed by atoms with Crippen molar-refractivity contribution < 1.29 is 29.1 Å². The fourth-order valence-corrected chi connectivity index (χ4v) is 3.84. The number of quaternary nitrogens is 1. The standard InChI is InChI=1S/C24H28N2O5/c1-25(2)13-8-14-26-21(18-11-5-6-12-19(18)31-4)20(23(28)24(26)29)22(27)16-9-7-10-17(15-16)30-3/h5-7,9-12,15,21,27H,8,13-14H2,1-4H3/b22-20+. The SMILES string of the molecule is COc1cccc(/C([O-])=C2\C(=O)C(=O)N(CCC[NH+](C)C)C2c2ccccc2OC)c1. The van der Waals surface area contributed by atoms with Crippen molar-refractivity contribution in [2.24, 2.45) is 0 Å². The Balaban J connectivity index is 2.15. The van der Waals surface area contributed by atoms with E-state index in [0.29, 0.717) is 35.6 Å². The van der Waals surface area contributed by atoms with Crippen LogP contribution in [0.2, 0.25) is 0 Å². The predicted molar refractivity (Wildman–Crippen MR) is 115 cm³/mol. The third-order valence-electron chi connectivity index (χ3n) is 5.37. The molecule has 1 saturated heterocycles. The van der Waals surface area contributed by atoms with Crippen LogP contribution >= 0.6 is 0 Å². The van der Waals surface area contributed by atoms with E-state index in [1.54, 1.807) is 42.5 Å². The van der Waals surface area contributed by atoms with Crippen LogP contribution in [-0.4, -0.2) is 58.0 Å². The molecule has 1 unspecified atom stereocenters. The van der Waals surface area contributed by atoms with Gasteiger partial charge in [-0.2, -0.15) is 0 Å². The van der Waals surface area contributed by atoms with Gasteiger partial charge < -0.3 is 24.4 Å². The first-order valence-electron chi connectivity index (χ1n) is 10.2. The van der Waals surface area contributed by atoms with Crippen molar-refractivity contribution in [3.8, 4) is 11.5 Å². The number of para-hydroxylation sites is 1. The molecule has 1 fully saturated rings. The minimum Gasteiger partial charge on any atom is -0.872 e. The number of hydrogen-bond acceptors (Lipinski definition) is 5. The number of carbonyl (C=O) groups is 2. The molecule has 0 bridgehead atoms. The summed E-state index contributed by atoms with van der Waals surface area (Å²) in [5, 5.41) is 13.4. The van der Waals surface area contributed by atoms with Crippen LogP contribution in [0.4, 0.5) is 0 Å². The summed E-state index contributed by atoms with van der Waals surface area (Å²) in [7, 11) is 7.09. The lowest BCUT2D eigenvalue weighted by Gasteiger charge is -2.28. The number of nitrogens with zero attached hydrogens (tertiary/aromatic N) is 1. The molecular formula is C24H28N2O5. The van der Waals surface area contributed by atoms with E-state index in [-0.39, 0.29) is 5.57 Å². The first-order valence-corrected chi connectivity index (χ1v) is 10.2. The molecule has 164 valence electrons. The van der Waals surface area contributed by atoms with Crippen molar-refractivity contribution in [2.75, 3.05) is 41.4 Å². The maximum atomic E-state index is 13.4. The normalized spacial score (nSPS) is 18.0. The highest BCUT2D eigenvalue weighted by Gasteiger charge is 2.45. The zero-order valence-corrected chi connectivity index (χ0v) is 18.3. The zero-order chi connectivity index (χ0) is 22.5. The molecule has 7 heteroatoms. The fourth-order valence-electron chi connectivity index (χ4n) is 3.84. The van der Waals surface area contributed by atoms with Gasteiger partial charge in [-0.15, -0.1) is 0 Å². The number of rotatable bonds is 8. The summed E-state index contributed by atoms with van der Waals surface area (Å²) in [6, 6.07) is 13.0. The molecule has 0 aliphatic carbocycles. The molecule has 0 radical (unpaired) electrons. The van der Waals surface area contributed by atoms with E-state index in [9.17, 15) is 14.7 Å². The lowest BCUT2D eigenvalue weighted by molar-refractivity contribution is -0.858. The lowest BCUT2D eigenvalue weighted by atomic mass is 9.94. The number of nitrogens with one attached hydrogen (secondary N) is 1. The number of benzene rings is 2. The summed E-state index contributed by atoms with van der Waals surface area (Å²) in [5.74, 6) is -0.872. The van der Waals surface area contributed by atoms with Crippen LogP contribution in [0.3, 0.4) is 0 Å². The van der Waals surface area contributed by atoms with Crippen molar-refractivity contribution in [1.82, 2.24) is 4.90 Å². The third kappa shape index (κ3) is 4.56. The molecule has 1 aliphatic rings. The quantitative estimate of drug-likeness (QED) is 0.378. The summed E-state index contributed by atoms with van der Waals surface area (Å²) >= 11 is 0. The largest absolute Gasteiger partial charge is 0.872 e. The molecule has 1 amide bonds. The van der Waals surface area contributed by atoms with Crippen LogP contribution in [0.5, 0.6) is 11.5 Å². The molecule has 2 aromatic carbocycles. The highest BCUT2D eigenvalue weighted by molar-refractivity contribution is 6.46. The van der Waals surface area contributed by atoms with Crippen molar-refractivity contribution in [3.63, 3.8) is 0 Å². The Hall–Kier alpha value is -3.32. The number of Topliss-reactive ketones (excluding diaryl/α,β-unsaturated/α-hetero) is 1. The Morgan fingerprint density at radius 2 is 1.81 bits per heavy atom. The molecule has 31 heavy (non-hydrogen) atoms. The van der Waals surface area contributed by atoms with E-state index in [4.69, 9.17) is 9.47 Å². The third-order valence-corrected chi connectivity index (χ3v) is 5.37. The van der Waals surface area contributed by atoms with Gasteiger partial charge in [0.1, 0.15) is 11.5 Å². The molecule has 0 aromatic heterocycles. The van der Waals surface area contributed by atoms with E-state index in [2.05, 4.69) is 0 Å². The zero-order valence-electron chi connectivity index (χ0n) is 18.3. The summed E-state index contributed by atoms with van der Waals surface area (Å²) in [4.78, 5) is 28.7. The minimum absolute atomic E-state index is 0.0556. The molecule has 0 saturated carbocycles. The van der Waals surface area contributed by atoms with Crippen molar-refractivity contribution in [2.45, 2.75) is 12.5 Å². The van der Waals surface area contributed by atoms with E-state index >= 15 is 0 Å². The second-order valence-electron chi connectivity index (χ2n) is 7.76. The highest BCUT2D eigenvalue weighted by Crippen LogP contribution is 2.42. The molecular weight excluding hydrogens is 396 g/mol. The summed E-state index contributed by atoms with van der Waals surface area (Å²) in [6.45, 7) is 1.20. The van der Waals surface area contributed by atoms with E-state index in [1.807, 2.05) is 20.2 Å². The number of hydrogen-bond donors (Lipinski definition) is 1. The van der Waals surface area contributed by atoms with Crippen LogP contribution in [0.1, 0.15) is 23.6 Å². The highest BCUT2D eigenvalue weighted by atomic mass is 16.5. The first-order chi connectivity index (χ1) is 14.9. The topological polar surface area (TPSA) is 83.3 Å². The van der Waals surface area contributed by atoms with Gasteiger partial charge in [0, 0.05) is 24.1 Å². The van der Waals surface area contributed by atoms with Crippen molar-refractivity contribution in [1.29, 1.82) is 0 Å². The number of ketones is 1. The summed E-state index contributed by atoms with van der Waals surface area (Å²) in [5.41, 5.74) is 0.864. The molecule has 2 aromatic rings. The number of amides is 1. The number of carbonyl (C=O) groups excluding carboxylic acids is 2. The van der Waals surface area contributed by atoms with Crippen LogP contribution in [0.15, 0.2) is 54.1 Å². The Morgan fingerprint density at radius 3 is 2.48 bits per heavy atom. The molecule has 3 rings (SSSR count). The summed E-state index contributed by atoms with van der Waals surface area (Å²) in [6.07, 6.45) is 0.702. The Morgan fingerprint density at radius 1 is 1.06 bits per heavy atom. The van der Waals surface area contributed by atoms with Gasteiger partial charge >= 0.3 is 0 Å². The number of likely N-dealkylation sites (tertiary alicyclic amines) is 1. The Bertz CT molecular complexity index is 999. The average molecular weight is 424 g/mol. The molecule has 7 nitrogen and oxygen atoms in total. The molecule has 1 atom stereocenters. The fraction of sp³-hybridized carbons (Fsp3) is 0.333. The van der Waals surface area contributed by atoms with Gasteiger partial charge in [-0.3, -0.25) is 9.59 Å². The van der Waals surface area contributed by atoms with E-state index < -0.39 is 23.5 Å². The van der Waals surface area contributed by atoms with Crippen LogP contribution < -0.4 is 19.5 Å². The second kappa shape index (κ2) is 9.66. The van der Waals surface area contributed by atoms with Crippen molar-refractivity contribution in [3.05, 3.63) is 65.2 Å². The monoisotopic (exact) mass is 424 g/mol. The Kier molecular flexibility index (Phi) is 6.97. The lowest BCUT2D eigenvalue weighted by Crippen LogP contribution is -3.05. The molecule has 1 heterocycles. The van der Waals surface area contributed by atoms with Gasteiger partial charge in [0.05, 0.1) is 40.9 Å². The van der Waals surface area contributed by atoms with Gasteiger partial charge in [0.15, 0.2) is 0 Å². The van der Waals surface area contributed by atoms with Gasteiger partial charge in [-0.05, 0) is 23.8 Å². The van der Waals surface area contributed by atoms with Crippen LogP contribution in [0.25, 0.3) is 5.76 Å². The van der Waals surface area contributed by atoms with Gasteiger partial charge in [-0.1, -0.05) is 36.1 Å². The predicted octanol–water partition coefficient (Wildman–Crippen LogP) is 0.462.